The van der Waals surface area contributed by atoms with E-state index < -0.39 is 6.61 Å². The standard InChI is InChI=1S/C20H22F2N2O3/c21-20(22)27-17-7-5-15(6-8-17)11-19(25)24(14-18-4-2-10-26-18)13-16-3-1-9-23-12-16/h1,3,5-9,12,18,20H,2,4,10-11,13-14H2. The zero-order valence-electron chi connectivity index (χ0n) is 14.9. The molecule has 1 unspecified atom stereocenters. The summed E-state index contributed by atoms with van der Waals surface area (Å²) in [6.07, 6.45) is 5.61. The van der Waals surface area contributed by atoms with E-state index in [-0.39, 0.29) is 24.2 Å². The summed E-state index contributed by atoms with van der Waals surface area (Å²) in [6.45, 7) is -1.15. The molecule has 1 amide bonds. The Labute approximate surface area is 156 Å². The Bertz CT molecular complexity index is 720. The second kappa shape index (κ2) is 9.41. The van der Waals surface area contributed by atoms with E-state index in [2.05, 4.69) is 9.72 Å². The average Bonchev–Trinajstić information content (AvgIpc) is 3.16. The number of carbonyl (C=O) groups is 1. The van der Waals surface area contributed by atoms with Crippen molar-refractivity contribution in [2.24, 2.45) is 0 Å². The van der Waals surface area contributed by atoms with Gasteiger partial charge in [-0.3, -0.25) is 9.78 Å². The number of aromatic nitrogens is 1. The fourth-order valence-corrected chi connectivity index (χ4v) is 3.08. The van der Waals surface area contributed by atoms with Gasteiger partial charge in [0.15, 0.2) is 0 Å². The summed E-state index contributed by atoms with van der Waals surface area (Å²) in [6, 6.07) is 9.92. The highest BCUT2D eigenvalue weighted by Crippen LogP contribution is 2.18. The van der Waals surface area contributed by atoms with Crippen LogP contribution in [-0.4, -0.2) is 41.7 Å². The van der Waals surface area contributed by atoms with E-state index >= 15 is 0 Å². The quantitative estimate of drug-likeness (QED) is 0.708. The van der Waals surface area contributed by atoms with Gasteiger partial charge in [0.25, 0.3) is 0 Å². The molecule has 2 heterocycles. The molecular formula is C20H22F2N2O3. The largest absolute Gasteiger partial charge is 0.435 e. The van der Waals surface area contributed by atoms with E-state index in [0.29, 0.717) is 13.1 Å². The minimum absolute atomic E-state index is 0.0446. The van der Waals surface area contributed by atoms with Crippen molar-refractivity contribution in [3.05, 3.63) is 59.9 Å². The summed E-state index contributed by atoms with van der Waals surface area (Å²) < 4.78 is 34.5. The fourth-order valence-electron chi connectivity index (χ4n) is 3.08. The molecule has 7 heteroatoms. The van der Waals surface area contributed by atoms with Crippen LogP contribution in [-0.2, 0) is 22.5 Å². The number of amides is 1. The van der Waals surface area contributed by atoms with Gasteiger partial charge in [-0.1, -0.05) is 18.2 Å². The summed E-state index contributed by atoms with van der Waals surface area (Å²) in [5.74, 6) is 0.0321. The number of ether oxygens (including phenoxy) is 2. The van der Waals surface area contributed by atoms with Gasteiger partial charge in [-0.25, -0.2) is 0 Å². The smallest absolute Gasteiger partial charge is 0.387 e. The molecule has 0 bridgehead atoms. The van der Waals surface area contributed by atoms with E-state index in [4.69, 9.17) is 4.74 Å². The predicted octanol–water partition coefficient (Wildman–Crippen LogP) is 3.43. The molecule has 1 fully saturated rings. The van der Waals surface area contributed by atoms with Gasteiger partial charge in [0.2, 0.25) is 5.91 Å². The third-order valence-electron chi connectivity index (χ3n) is 4.40. The normalized spacial score (nSPS) is 16.5. The van der Waals surface area contributed by atoms with Crippen molar-refractivity contribution in [3.8, 4) is 5.75 Å². The summed E-state index contributed by atoms with van der Waals surface area (Å²) >= 11 is 0. The van der Waals surface area contributed by atoms with Gasteiger partial charge in [0, 0.05) is 32.1 Å². The minimum Gasteiger partial charge on any atom is -0.435 e. The van der Waals surface area contributed by atoms with E-state index in [1.165, 1.54) is 12.1 Å². The number of hydrogen-bond acceptors (Lipinski definition) is 4. The fraction of sp³-hybridized carbons (Fsp3) is 0.400. The van der Waals surface area contributed by atoms with Crippen LogP contribution in [0.2, 0.25) is 0 Å². The Morgan fingerprint density at radius 1 is 1.26 bits per heavy atom. The second-order valence-electron chi connectivity index (χ2n) is 6.47. The Kier molecular flexibility index (Phi) is 6.70. The van der Waals surface area contributed by atoms with E-state index in [1.807, 2.05) is 12.1 Å². The molecule has 2 aromatic rings. The number of carbonyl (C=O) groups excluding carboxylic acids is 1. The molecule has 1 aliphatic heterocycles. The highest BCUT2D eigenvalue weighted by molar-refractivity contribution is 5.78. The highest BCUT2D eigenvalue weighted by Gasteiger charge is 2.23. The number of rotatable bonds is 8. The second-order valence-corrected chi connectivity index (χ2v) is 6.47. The molecule has 5 nitrogen and oxygen atoms in total. The molecular weight excluding hydrogens is 354 g/mol. The first-order valence-electron chi connectivity index (χ1n) is 8.92. The Morgan fingerprint density at radius 2 is 2.07 bits per heavy atom. The van der Waals surface area contributed by atoms with Gasteiger partial charge in [-0.05, 0) is 42.2 Å². The van der Waals surface area contributed by atoms with Crippen molar-refractivity contribution >= 4 is 5.91 Å². The van der Waals surface area contributed by atoms with Crippen molar-refractivity contribution in [1.82, 2.24) is 9.88 Å². The van der Waals surface area contributed by atoms with Crippen LogP contribution < -0.4 is 4.74 Å². The topological polar surface area (TPSA) is 51.7 Å². The first-order valence-corrected chi connectivity index (χ1v) is 8.92. The molecule has 144 valence electrons. The molecule has 1 aromatic carbocycles. The molecule has 0 spiro atoms. The van der Waals surface area contributed by atoms with Gasteiger partial charge >= 0.3 is 6.61 Å². The van der Waals surface area contributed by atoms with Crippen LogP contribution in [0.1, 0.15) is 24.0 Å². The number of halogens is 2. The molecule has 1 aromatic heterocycles. The third kappa shape index (κ3) is 5.99. The van der Waals surface area contributed by atoms with Gasteiger partial charge in [0.05, 0.1) is 12.5 Å². The van der Waals surface area contributed by atoms with Gasteiger partial charge in [0.1, 0.15) is 5.75 Å². The maximum atomic E-state index is 12.9. The van der Waals surface area contributed by atoms with Gasteiger partial charge in [-0.2, -0.15) is 8.78 Å². The summed E-state index contributed by atoms with van der Waals surface area (Å²) in [4.78, 5) is 18.7. The lowest BCUT2D eigenvalue weighted by molar-refractivity contribution is -0.132. The van der Waals surface area contributed by atoms with Crippen LogP contribution in [0.5, 0.6) is 5.75 Å². The summed E-state index contributed by atoms with van der Waals surface area (Å²) in [7, 11) is 0. The SMILES string of the molecule is O=C(Cc1ccc(OC(F)F)cc1)N(Cc1cccnc1)CC1CCCO1. The van der Waals surface area contributed by atoms with Crippen molar-refractivity contribution in [2.75, 3.05) is 13.2 Å². The van der Waals surface area contributed by atoms with E-state index in [9.17, 15) is 13.6 Å². The zero-order chi connectivity index (χ0) is 19.1. The van der Waals surface area contributed by atoms with Crippen LogP contribution >= 0.6 is 0 Å². The number of benzene rings is 1. The van der Waals surface area contributed by atoms with Gasteiger partial charge < -0.3 is 14.4 Å². The first-order chi connectivity index (χ1) is 13.1. The van der Waals surface area contributed by atoms with Gasteiger partial charge in [-0.15, -0.1) is 0 Å². The molecule has 1 aliphatic rings. The summed E-state index contributed by atoms with van der Waals surface area (Å²) in [5, 5.41) is 0. The maximum absolute atomic E-state index is 12.9. The van der Waals surface area contributed by atoms with Crippen LogP contribution in [0.4, 0.5) is 8.78 Å². The van der Waals surface area contributed by atoms with Crippen molar-refractivity contribution in [2.45, 2.75) is 38.5 Å². The molecule has 0 N–H and O–H groups in total. The monoisotopic (exact) mass is 376 g/mol. The molecule has 0 saturated carbocycles. The lowest BCUT2D eigenvalue weighted by Gasteiger charge is -2.25. The number of pyridine rings is 1. The van der Waals surface area contributed by atoms with Crippen LogP contribution in [0.15, 0.2) is 48.8 Å². The highest BCUT2D eigenvalue weighted by atomic mass is 19.3. The van der Waals surface area contributed by atoms with Crippen LogP contribution in [0.3, 0.4) is 0 Å². The molecule has 3 rings (SSSR count). The van der Waals surface area contributed by atoms with Crippen LogP contribution in [0.25, 0.3) is 0 Å². The molecule has 27 heavy (non-hydrogen) atoms. The number of alkyl halides is 2. The summed E-state index contributed by atoms with van der Waals surface area (Å²) in [5.41, 5.74) is 1.69. The Hall–Kier alpha value is -2.54. The average molecular weight is 376 g/mol. The molecule has 1 atom stereocenters. The Balaban J connectivity index is 1.65. The molecule has 0 aliphatic carbocycles. The van der Waals surface area contributed by atoms with Crippen molar-refractivity contribution in [1.29, 1.82) is 0 Å². The zero-order valence-corrected chi connectivity index (χ0v) is 14.9. The Morgan fingerprint density at radius 3 is 2.70 bits per heavy atom. The molecule has 1 saturated heterocycles. The number of nitrogens with zero attached hydrogens (tertiary/aromatic N) is 2. The lowest BCUT2D eigenvalue weighted by atomic mass is 10.1. The van der Waals surface area contributed by atoms with Crippen LogP contribution in [0, 0.1) is 0 Å². The molecule has 0 radical (unpaired) electrons. The lowest BCUT2D eigenvalue weighted by Crippen LogP contribution is -2.37. The minimum atomic E-state index is -2.86. The predicted molar refractivity (Wildman–Crippen MR) is 95.4 cm³/mol. The number of hydrogen-bond donors (Lipinski definition) is 0. The van der Waals surface area contributed by atoms with Crippen molar-refractivity contribution < 1.29 is 23.0 Å². The maximum Gasteiger partial charge on any atom is 0.387 e. The van der Waals surface area contributed by atoms with E-state index in [1.54, 1.807) is 29.4 Å². The first kappa shape index (κ1) is 19.2. The third-order valence-corrected chi connectivity index (χ3v) is 4.40. The van der Waals surface area contributed by atoms with Crippen molar-refractivity contribution in [3.63, 3.8) is 0 Å². The van der Waals surface area contributed by atoms with E-state index in [0.717, 1.165) is 30.6 Å².